The van der Waals surface area contributed by atoms with E-state index < -0.39 is 0 Å². The molecule has 0 N–H and O–H groups in total. The van der Waals surface area contributed by atoms with E-state index in [1.165, 1.54) is 5.39 Å². The summed E-state index contributed by atoms with van der Waals surface area (Å²) in [5.41, 5.74) is 12.0. The number of fused-ring (bicyclic) bond motifs is 10. The fourth-order valence-electron chi connectivity index (χ4n) is 9.08. The Morgan fingerprint density at radius 1 is 0.333 bits per heavy atom. The van der Waals surface area contributed by atoms with Gasteiger partial charge in [-0.1, -0.05) is 133 Å². The predicted octanol–water partition coefficient (Wildman–Crippen LogP) is 14.5. The molecule has 0 atom stereocenters. The van der Waals surface area contributed by atoms with Crippen molar-refractivity contribution >= 4 is 65.6 Å². The molecule has 7 nitrogen and oxygen atoms in total. The van der Waals surface area contributed by atoms with Gasteiger partial charge in [-0.05, 0) is 83.2 Å². The molecule has 0 aliphatic rings. The van der Waals surface area contributed by atoms with E-state index in [9.17, 15) is 0 Å². The third-order valence-electron chi connectivity index (χ3n) is 12.1. The van der Waals surface area contributed by atoms with Gasteiger partial charge in [0.05, 0.1) is 11.0 Å². The molecule has 0 saturated heterocycles. The van der Waals surface area contributed by atoms with Crippen molar-refractivity contribution in [1.29, 1.82) is 0 Å². The molecule has 0 fully saturated rings. The van der Waals surface area contributed by atoms with Crippen molar-refractivity contribution in [3.8, 4) is 62.4 Å². The fourth-order valence-corrected chi connectivity index (χ4v) is 9.08. The van der Waals surface area contributed by atoms with Gasteiger partial charge in [-0.3, -0.25) is 0 Å². The first-order chi connectivity index (χ1) is 31.2. The zero-order valence-electron chi connectivity index (χ0n) is 33.6. The molecular weight excluding hydrogens is 775 g/mol. The number of aromatic nitrogens is 5. The summed E-state index contributed by atoms with van der Waals surface area (Å²) in [6.45, 7) is 0. The average molecular weight is 808 g/mol. The van der Waals surface area contributed by atoms with E-state index in [0.29, 0.717) is 23.4 Å². The van der Waals surface area contributed by atoms with Crippen LogP contribution in [0, 0.1) is 0 Å². The maximum absolute atomic E-state index is 6.71. The highest BCUT2D eigenvalue weighted by Crippen LogP contribution is 2.42. The van der Waals surface area contributed by atoms with Crippen LogP contribution in [0.5, 0.6) is 0 Å². The third kappa shape index (κ3) is 5.75. The molecule has 7 heteroatoms. The Labute approximate surface area is 360 Å². The molecule has 13 aromatic rings. The zero-order valence-corrected chi connectivity index (χ0v) is 33.6. The maximum atomic E-state index is 6.71. The lowest BCUT2D eigenvalue weighted by Gasteiger charge is -2.13. The molecule has 0 aliphatic heterocycles. The first kappa shape index (κ1) is 35.1. The van der Waals surface area contributed by atoms with Crippen LogP contribution in [0.3, 0.4) is 0 Å². The van der Waals surface area contributed by atoms with Gasteiger partial charge >= 0.3 is 0 Å². The molecule has 4 heterocycles. The number of nitrogens with zero attached hydrogens (tertiary/aromatic N) is 5. The van der Waals surface area contributed by atoms with Crippen molar-refractivity contribution in [1.82, 2.24) is 24.5 Å². The van der Waals surface area contributed by atoms with E-state index in [-0.39, 0.29) is 0 Å². The van der Waals surface area contributed by atoms with Crippen LogP contribution >= 0.6 is 0 Å². The van der Waals surface area contributed by atoms with Crippen LogP contribution < -0.4 is 0 Å². The van der Waals surface area contributed by atoms with Crippen LogP contribution in [0.2, 0.25) is 0 Å². The number of hydrogen-bond donors (Lipinski definition) is 0. The van der Waals surface area contributed by atoms with Crippen molar-refractivity contribution in [2.24, 2.45) is 0 Å². The van der Waals surface area contributed by atoms with Gasteiger partial charge in [-0.25, -0.2) is 19.9 Å². The fraction of sp³-hybridized carbons (Fsp3) is 0. The normalized spacial score (nSPS) is 11.8. The van der Waals surface area contributed by atoms with Crippen LogP contribution in [0.1, 0.15) is 0 Å². The third-order valence-corrected chi connectivity index (χ3v) is 12.1. The molecule has 0 amide bonds. The van der Waals surface area contributed by atoms with Gasteiger partial charge in [-0.2, -0.15) is 0 Å². The highest BCUT2D eigenvalue weighted by atomic mass is 16.3. The van der Waals surface area contributed by atoms with Gasteiger partial charge in [0.1, 0.15) is 16.7 Å². The van der Waals surface area contributed by atoms with Crippen molar-refractivity contribution in [2.45, 2.75) is 0 Å². The molecule has 0 aliphatic carbocycles. The van der Waals surface area contributed by atoms with Crippen LogP contribution in [0.25, 0.3) is 128 Å². The lowest BCUT2D eigenvalue weighted by molar-refractivity contribution is 0.622. The van der Waals surface area contributed by atoms with E-state index in [2.05, 4.69) is 114 Å². The minimum absolute atomic E-state index is 0.588. The SMILES string of the molecule is c1ccc(-c2nc(-c3cccc(-c4cccc(-n5c6c7ccccc7ccc6c6ccc7nc(-c8ccccc8)oc7c65)c4)c3)nc(-c3ccc4oc5ccccc5c4c3)n2)cc1. The summed E-state index contributed by atoms with van der Waals surface area (Å²) in [5, 5.41) is 6.65. The molecule has 0 saturated carbocycles. The second-order valence-corrected chi connectivity index (χ2v) is 15.8. The van der Waals surface area contributed by atoms with E-state index in [1.54, 1.807) is 0 Å². The summed E-state index contributed by atoms with van der Waals surface area (Å²) in [6.07, 6.45) is 0. The highest BCUT2D eigenvalue weighted by molar-refractivity contribution is 6.22. The molecule has 0 unspecified atom stereocenters. The number of oxazole rings is 1. The number of benzene rings is 9. The first-order valence-corrected chi connectivity index (χ1v) is 21.0. The topological polar surface area (TPSA) is 82.8 Å². The second kappa shape index (κ2) is 13.9. The Morgan fingerprint density at radius 2 is 0.937 bits per heavy atom. The van der Waals surface area contributed by atoms with Crippen molar-refractivity contribution in [2.75, 3.05) is 0 Å². The molecular formula is C56H33N5O2. The number of hydrogen-bond acceptors (Lipinski definition) is 6. The number of para-hydroxylation sites is 1. The Kier molecular flexibility index (Phi) is 7.77. The van der Waals surface area contributed by atoms with E-state index in [1.807, 2.05) is 91.0 Å². The summed E-state index contributed by atoms with van der Waals surface area (Å²) >= 11 is 0. The van der Waals surface area contributed by atoms with E-state index >= 15 is 0 Å². The van der Waals surface area contributed by atoms with Crippen molar-refractivity contribution < 1.29 is 8.83 Å². The maximum Gasteiger partial charge on any atom is 0.227 e. The largest absolute Gasteiger partial charge is 0.456 e. The van der Waals surface area contributed by atoms with Gasteiger partial charge < -0.3 is 13.4 Å². The van der Waals surface area contributed by atoms with E-state index in [0.717, 1.165) is 99.3 Å². The van der Waals surface area contributed by atoms with Gasteiger partial charge in [0.15, 0.2) is 23.1 Å². The number of rotatable bonds is 6. The molecule has 9 aromatic carbocycles. The Bertz CT molecular complexity index is 3920. The summed E-state index contributed by atoms with van der Waals surface area (Å²) in [5.74, 6) is 2.38. The van der Waals surface area contributed by atoms with Gasteiger partial charge in [0.25, 0.3) is 0 Å². The monoisotopic (exact) mass is 807 g/mol. The lowest BCUT2D eigenvalue weighted by atomic mass is 10.0. The summed E-state index contributed by atoms with van der Waals surface area (Å²) in [4.78, 5) is 20.2. The summed E-state index contributed by atoms with van der Waals surface area (Å²) in [7, 11) is 0. The van der Waals surface area contributed by atoms with Crippen LogP contribution in [-0.4, -0.2) is 24.5 Å². The van der Waals surface area contributed by atoms with Gasteiger partial charge in [0, 0.05) is 54.9 Å². The standard InChI is InChI=1S/C56H33N5O2/c1-3-14-35(15-4-1)53-58-54(60-55(59-53)40-26-30-49-46(33-40)43-23-9-10-24-48(43)62-49)39-20-11-18-37(31-39)38-19-12-21-41(32-38)61-50-42-22-8-7-13-34(42)25-27-44(50)45-28-29-47-52(51(45)61)63-56(57-47)36-16-5-2-6-17-36/h1-33H. The summed E-state index contributed by atoms with van der Waals surface area (Å²) in [6, 6.07) is 68.8. The molecule has 63 heavy (non-hydrogen) atoms. The quantitative estimate of drug-likeness (QED) is 0.166. The van der Waals surface area contributed by atoms with Crippen molar-refractivity contribution in [3.05, 3.63) is 200 Å². The van der Waals surface area contributed by atoms with Gasteiger partial charge in [-0.15, -0.1) is 0 Å². The van der Waals surface area contributed by atoms with E-state index in [4.69, 9.17) is 28.8 Å². The molecule has 0 radical (unpaired) electrons. The Morgan fingerprint density at radius 3 is 1.76 bits per heavy atom. The predicted molar refractivity (Wildman–Crippen MR) is 254 cm³/mol. The Balaban J connectivity index is 0.977. The van der Waals surface area contributed by atoms with Crippen LogP contribution in [-0.2, 0) is 0 Å². The molecule has 0 spiro atoms. The van der Waals surface area contributed by atoms with Crippen molar-refractivity contribution in [3.63, 3.8) is 0 Å². The second-order valence-electron chi connectivity index (χ2n) is 15.8. The average Bonchev–Trinajstić information content (AvgIpc) is 4.07. The lowest BCUT2D eigenvalue weighted by Crippen LogP contribution is -2.00. The smallest absolute Gasteiger partial charge is 0.227 e. The van der Waals surface area contributed by atoms with Crippen LogP contribution in [0.15, 0.2) is 209 Å². The molecule has 294 valence electrons. The molecule has 0 bridgehead atoms. The minimum atomic E-state index is 0.588. The minimum Gasteiger partial charge on any atom is -0.456 e. The number of furan rings is 1. The van der Waals surface area contributed by atoms with Gasteiger partial charge in [0.2, 0.25) is 5.89 Å². The zero-order chi connectivity index (χ0) is 41.4. The molecule has 4 aromatic heterocycles. The van der Waals surface area contributed by atoms with Crippen LogP contribution in [0.4, 0.5) is 0 Å². The first-order valence-electron chi connectivity index (χ1n) is 21.0. The summed E-state index contributed by atoms with van der Waals surface area (Å²) < 4.78 is 15.2. The molecule has 13 rings (SSSR count). The highest BCUT2D eigenvalue weighted by Gasteiger charge is 2.22. The Hall–Kier alpha value is -8.68.